The lowest BCUT2D eigenvalue weighted by Crippen LogP contribution is -2.42. The third-order valence-electron chi connectivity index (χ3n) is 2.61. The van der Waals surface area contributed by atoms with Crippen molar-refractivity contribution in [3.05, 3.63) is 0 Å². The summed E-state index contributed by atoms with van der Waals surface area (Å²) in [5.74, 6) is 0.166. The predicted molar refractivity (Wildman–Crippen MR) is 59.7 cm³/mol. The molecule has 0 unspecified atom stereocenters. The van der Waals surface area contributed by atoms with Gasteiger partial charge in [-0.25, -0.2) is 0 Å². The zero-order valence-electron chi connectivity index (χ0n) is 9.74. The summed E-state index contributed by atoms with van der Waals surface area (Å²) in [6.45, 7) is 6.50. The van der Waals surface area contributed by atoms with Crippen molar-refractivity contribution in [3.63, 3.8) is 0 Å². The molecule has 0 aromatic carbocycles. The molecule has 0 amide bonds. The van der Waals surface area contributed by atoms with E-state index >= 15 is 0 Å². The van der Waals surface area contributed by atoms with Gasteiger partial charge in [-0.15, -0.1) is 0 Å². The molecule has 4 nitrogen and oxygen atoms in total. The molecule has 15 heavy (non-hydrogen) atoms. The van der Waals surface area contributed by atoms with Crippen LogP contribution in [-0.4, -0.2) is 49.1 Å². The molecule has 0 bridgehead atoms. The number of rotatable bonds is 5. The number of ether oxygens (including phenoxy) is 1. The molecule has 1 saturated heterocycles. The number of Topliss-reactive ketones (excluding diaryl/α,β-unsaturated/α-hetero) is 1. The van der Waals surface area contributed by atoms with Crippen LogP contribution in [0.1, 0.15) is 26.7 Å². The van der Waals surface area contributed by atoms with Crippen LogP contribution in [0.5, 0.6) is 0 Å². The van der Waals surface area contributed by atoms with E-state index in [1.54, 1.807) is 0 Å². The Morgan fingerprint density at radius 3 is 2.60 bits per heavy atom. The van der Waals surface area contributed by atoms with Gasteiger partial charge >= 0.3 is 0 Å². The first-order valence-corrected chi connectivity index (χ1v) is 5.69. The zero-order chi connectivity index (χ0) is 11.3. The zero-order valence-corrected chi connectivity index (χ0v) is 9.74. The molecule has 1 aliphatic rings. The Hall–Kier alpha value is -0.450. The van der Waals surface area contributed by atoms with Crippen molar-refractivity contribution in [2.75, 3.05) is 26.2 Å². The van der Waals surface area contributed by atoms with E-state index in [2.05, 4.69) is 4.90 Å². The van der Waals surface area contributed by atoms with Gasteiger partial charge in [-0.05, 0) is 26.7 Å². The molecule has 1 rings (SSSR count). The molecule has 0 aromatic heterocycles. The van der Waals surface area contributed by atoms with Crippen LogP contribution in [0, 0.1) is 0 Å². The largest absolute Gasteiger partial charge is 0.371 e. The van der Waals surface area contributed by atoms with Crippen molar-refractivity contribution < 1.29 is 9.53 Å². The molecular formula is C11H22N2O2. The summed E-state index contributed by atoms with van der Waals surface area (Å²) < 4.78 is 5.27. The van der Waals surface area contributed by atoms with E-state index in [0.717, 1.165) is 25.9 Å². The Bertz CT molecular complexity index is 199. The molecule has 0 aliphatic carbocycles. The molecule has 0 spiro atoms. The van der Waals surface area contributed by atoms with Crippen LogP contribution in [0.4, 0.5) is 0 Å². The Labute approximate surface area is 91.8 Å². The number of piperidine rings is 1. The Morgan fingerprint density at radius 2 is 2.07 bits per heavy atom. The van der Waals surface area contributed by atoms with Gasteiger partial charge in [0.25, 0.3) is 0 Å². The van der Waals surface area contributed by atoms with Gasteiger partial charge in [-0.2, -0.15) is 0 Å². The highest BCUT2D eigenvalue weighted by Crippen LogP contribution is 2.07. The average Bonchev–Trinajstić information content (AvgIpc) is 2.19. The molecule has 2 N–H and O–H groups in total. The van der Waals surface area contributed by atoms with E-state index in [1.165, 1.54) is 0 Å². The number of likely N-dealkylation sites (tertiary alicyclic amines) is 1. The molecule has 1 aliphatic heterocycles. The second-order valence-electron chi connectivity index (χ2n) is 4.51. The van der Waals surface area contributed by atoms with Crippen LogP contribution in [0.3, 0.4) is 0 Å². The Kier molecular flexibility index (Phi) is 5.22. The molecule has 0 aromatic rings. The van der Waals surface area contributed by atoms with Crippen LogP contribution in [-0.2, 0) is 9.53 Å². The fraction of sp³-hybridized carbons (Fsp3) is 0.909. The summed E-state index contributed by atoms with van der Waals surface area (Å²) in [6.07, 6.45) is 2.13. The van der Waals surface area contributed by atoms with Crippen molar-refractivity contribution in [3.8, 4) is 0 Å². The number of hydrogen-bond donors (Lipinski definition) is 1. The maximum atomic E-state index is 11.5. The maximum Gasteiger partial charge on any atom is 0.172 e. The van der Waals surface area contributed by atoms with E-state index in [0.29, 0.717) is 12.6 Å². The predicted octanol–water partition coefficient (Wildman–Crippen LogP) is 0.404. The lowest BCUT2D eigenvalue weighted by atomic mass is 10.1. The smallest absolute Gasteiger partial charge is 0.172 e. The molecule has 4 heteroatoms. The number of carbonyl (C=O) groups excluding carboxylic acids is 1. The fourth-order valence-electron chi connectivity index (χ4n) is 1.67. The number of ketones is 1. The highest BCUT2D eigenvalue weighted by atomic mass is 16.5. The van der Waals surface area contributed by atoms with Crippen molar-refractivity contribution >= 4 is 5.78 Å². The van der Waals surface area contributed by atoms with E-state index in [1.807, 2.05) is 13.8 Å². The van der Waals surface area contributed by atoms with Crippen LogP contribution < -0.4 is 5.73 Å². The second kappa shape index (κ2) is 6.20. The van der Waals surface area contributed by atoms with Gasteiger partial charge < -0.3 is 10.5 Å². The van der Waals surface area contributed by atoms with E-state index in [-0.39, 0.29) is 18.5 Å². The lowest BCUT2D eigenvalue weighted by Gasteiger charge is -2.29. The van der Waals surface area contributed by atoms with Crippen molar-refractivity contribution in [2.24, 2.45) is 5.73 Å². The van der Waals surface area contributed by atoms with Gasteiger partial charge in [-0.3, -0.25) is 9.69 Å². The molecular weight excluding hydrogens is 192 g/mol. The number of nitrogens with two attached hydrogens (primary N) is 1. The van der Waals surface area contributed by atoms with Crippen LogP contribution in [0.2, 0.25) is 0 Å². The highest BCUT2D eigenvalue weighted by molar-refractivity contribution is 5.81. The second-order valence-corrected chi connectivity index (χ2v) is 4.51. The first-order valence-electron chi connectivity index (χ1n) is 5.69. The number of nitrogens with zero attached hydrogens (tertiary/aromatic N) is 1. The standard InChI is InChI=1S/C11H22N2O2/c1-9(2)15-8-11(14)7-13-5-3-10(12)4-6-13/h9-10H,3-8,12H2,1-2H3. The van der Waals surface area contributed by atoms with Gasteiger partial charge in [-0.1, -0.05) is 0 Å². The fourth-order valence-corrected chi connectivity index (χ4v) is 1.67. The molecule has 0 saturated carbocycles. The first-order chi connectivity index (χ1) is 7.08. The molecule has 1 fully saturated rings. The SMILES string of the molecule is CC(C)OCC(=O)CN1CCC(N)CC1. The van der Waals surface area contributed by atoms with Crippen LogP contribution in [0.25, 0.3) is 0 Å². The molecule has 1 heterocycles. The van der Waals surface area contributed by atoms with Crippen molar-refractivity contribution in [2.45, 2.75) is 38.8 Å². The van der Waals surface area contributed by atoms with Gasteiger partial charge in [0.05, 0.1) is 12.6 Å². The minimum absolute atomic E-state index is 0.128. The number of hydrogen-bond acceptors (Lipinski definition) is 4. The highest BCUT2D eigenvalue weighted by Gasteiger charge is 2.18. The quantitative estimate of drug-likeness (QED) is 0.720. The van der Waals surface area contributed by atoms with Crippen LogP contribution in [0.15, 0.2) is 0 Å². The summed E-state index contributed by atoms with van der Waals surface area (Å²) in [6, 6.07) is 0.322. The first kappa shape index (κ1) is 12.6. The molecule has 0 radical (unpaired) electrons. The minimum Gasteiger partial charge on any atom is -0.371 e. The monoisotopic (exact) mass is 214 g/mol. The van der Waals surface area contributed by atoms with Crippen LogP contribution >= 0.6 is 0 Å². The Morgan fingerprint density at radius 1 is 1.47 bits per heavy atom. The van der Waals surface area contributed by atoms with Gasteiger partial charge in [0.15, 0.2) is 5.78 Å². The van der Waals surface area contributed by atoms with E-state index in [9.17, 15) is 4.79 Å². The summed E-state index contributed by atoms with van der Waals surface area (Å²) in [5, 5.41) is 0. The summed E-state index contributed by atoms with van der Waals surface area (Å²) in [7, 11) is 0. The number of carbonyl (C=O) groups is 1. The minimum atomic E-state index is 0.128. The Balaban J connectivity index is 2.15. The molecule has 88 valence electrons. The van der Waals surface area contributed by atoms with Gasteiger partial charge in [0, 0.05) is 19.1 Å². The third kappa shape index (κ3) is 5.25. The normalized spacial score (nSPS) is 19.7. The lowest BCUT2D eigenvalue weighted by molar-refractivity contribution is -0.126. The van der Waals surface area contributed by atoms with E-state index in [4.69, 9.17) is 10.5 Å². The van der Waals surface area contributed by atoms with Gasteiger partial charge in [0.1, 0.15) is 6.61 Å². The van der Waals surface area contributed by atoms with Crippen molar-refractivity contribution in [1.82, 2.24) is 4.90 Å². The summed E-state index contributed by atoms with van der Waals surface area (Å²) in [5.41, 5.74) is 5.79. The summed E-state index contributed by atoms with van der Waals surface area (Å²) in [4.78, 5) is 13.7. The van der Waals surface area contributed by atoms with Crippen molar-refractivity contribution in [1.29, 1.82) is 0 Å². The molecule has 0 atom stereocenters. The van der Waals surface area contributed by atoms with E-state index < -0.39 is 0 Å². The summed E-state index contributed by atoms with van der Waals surface area (Å²) >= 11 is 0. The maximum absolute atomic E-state index is 11.5. The average molecular weight is 214 g/mol. The third-order valence-corrected chi connectivity index (χ3v) is 2.61. The van der Waals surface area contributed by atoms with Gasteiger partial charge in [0.2, 0.25) is 0 Å². The topological polar surface area (TPSA) is 55.6 Å².